The molecule has 1 saturated heterocycles. The molecule has 1 aromatic carbocycles. The monoisotopic (exact) mass is 328 g/mol. The Kier molecular flexibility index (Phi) is 4.88. The van der Waals surface area contributed by atoms with Crippen LogP contribution in [0.15, 0.2) is 36.9 Å². The molecule has 0 N–H and O–H groups in total. The van der Waals surface area contributed by atoms with Crippen LogP contribution >= 0.6 is 0 Å². The van der Waals surface area contributed by atoms with Crippen LogP contribution in [0.1, 0.15) is 25.3 Å². The first kappa shape index (κ1) is 16.6. The number of rotatable bonds is 2. The first-order chi connectivity index (χ1) is 11.6. The zero-order valence-electron chi connectivity index (χ0n) is 14.1. The summed E-state index contributed by atoms with van der Waals surface area (Å²) in [6.45, 7) is 7.89. The van der Waals surface area contributed by atoms with Gasteiger partial charge in [-0.15, -0.1) is 0 Å². The normalized spacial score (nSPS) is 21.5. The van der Waals surface area contributed by atoms with Crippen LogP contribution in [0.2, 0.25) is 0 Å². The van der Waals surface area contributed by atoms with Crippen molar-refractivity contribution in [1.29, 1.82) is 0 Å². The molecule has 0 saturated carbocycles. The Hall–Kier alpha value is -2.30. The number of para-hydroxylation sites is 1. The first-order valence-electron chi connectivity index (χ1n) is 8.52. The van der Waals surface area contributed by atoms with Crippen molar-refractivity contribution in [3.05, 3.63) is 42.5 Å². The van der Waals surface area contributed by atoms with Crippen LogP contribution in [0.3, 0.4) is 0 Å². The van der Waals surface area contributed by atoms with E-state index in [-0.39, 0.29) is 23.8 Å². The van der Waals surface area contributed by atoms with Crippen LogP contribution in [-0.2, 0) is 16.1 Å². The molecule has 1 fully saturated rings. The van der Waals surface area contributed by atoms with E-state index in [2.05, 4.69) is 6.58 Å². The van der Waals surface area contributed by atoms with Crippen LogP contribution in [0.5, 0.6) is 5.75 Å². The van der Waals surface area contributed by atoms with Gasteiger partial charge >= 0.3 is 0 Å². The third-order valence-corrected chi connectivity index (χ3v) is 4.94. The number of piperidine rings is 1. The van der Waals surface area contributed by atoms with Gasteiger partial charge in [-0.2, -0.15) is 0 Å². The molecular formula is C19H24N2O3. The molecule has 0 radical (unpaired) electrons. The third-order valence-electron chi connectivity index (χ3n) is 4.94. The average molecular weight is 328 g/mol. The fourth-order valence-electron chi connectivity index (χ4n) is 3.42. The number of hydrogen-bond acceptors (Lipinski definition) is 3. The van der Waals surface area contributed by atoms with Crippen molar-refractivity contribution in [3.63, 3.8) is 0 Å². The number of nitrogens with zero attached hydrogens (tertiary/aromatic N) is 2. The molecule has 0 aliphatic carbocycles. The van der Waals surface area contributed by atoms with Gasteiger partial charge in [0.2, 0.25) is 11.8 Å². The molecule has 1 unspecified atom stereocenters. The maximum atomic E-state index is 13.0. The lowest BCUT2D eigenvalue weighted by atomic mass is 9.94. The molecule has 0 bridgehead atoms. The van der Waals surface area contributed by atoms with Gasteiger partial charge in [0, 0.05) is 31.1 Å². The molecule has 3 rings (SSSR count). The number of hydrogen-bond donors (Lipinski definition) is 0. The van der Waals surface area contributed by atoms with Crippen molar-refractivity contribution in [2.24, 2.45) is 5.92 Å². The molecule has 5 nitrogen and oxygen atoms in total. The van der Waals surface area contributed by atoms with E-state index in [4.69, 9.17) is 4.74 Å². The van der Waals surface area contributed by atoms with Gasteiger partial charge in [0.15, 0.2) is 0 Å². The van der Waals surface area contributed by atoms with Crippen molar-refractivity contribution in [2.45, 2.75) is 32.4 Å². The predicted molar refractivity (Wildman–Crippen MR) is 91.5 cm³/mol. The first-order valence-corrected chi connectivity index (χ1v) is 8.52. The fraction of sp³-hybridized carbons (Fsp3) is 0.474. The minimum Gasteiger partial charge on any atom is -0.491 e. The predicted octanol–water partition coefficient (Wildman–Crippen LogP) is 2.22. The van der Waals surface area contributed by atoms with Crippen molar-refractivity contribution in [1.82, 2.24) is 9.80 Å². The zero-order valence-corrected chi connectivity index (χ0v) is 14.1. The summed E-state index contributed by atoms with van der Waals surface area (Å²) in [5.41, 5.74) is 1.05. The standard InChI is InChI=1S/C19H24N2O3/c1-3-18(22)20-10-8-15(9-11-20)19(23)21-12-16-6-4-5-7-17(16)24-13-14(21)2/h3-7,14-15H,1,8-13H2,2H3. The number of carbonyl (C=O) groups excluding carboxylic acids is 2. The molecule has 2 heterocycles. The van der Waals surface area contributed by atoms with E-state index in [0.717, 1.165) is 11.3 Å². The minimum atomic E-state index is -0.0497. The number of carbonyl (C=O) groups is 2. The van der Waals surface area contributed by atoms with Gasteiger partial charge in [0.1, 0.15) is 12.4 Å². The fourth-order valence-corrected chi connectivity index (χ4v) is 3.42. The molecule has 1 aromatic rings. The molecule has 2 aliphatic rings. The highest BCUT2D eigenvalue weighted by Gasteiger charge is 2.33. The van der Waals surface area contributed by atoms with E-state index in [1.54, 1.807) is 4.90 Å². The number of ether oxygens (including phenoxy) is 1. The van der Waals surface area contributed by atoms with E-state index in [1.807, 2.05) is 36.1 Å². The Balaban J connectivity index is 1.68. The number of benzene rings is 1. The molecule has 0 aromatic heterocycles. The zero-order chi connectivity index (χ0) is 17.1. The quantitative estimate of drug-likeness (QED) is 0.782. The van der Waals surface area contributed by atoms with Gasteiger partial charge in [0.05, 0.1) is 6.04 Å². The molecule has 24 heavy (non-hydrogen) atoms. The van der Waals surface area contributed by atoms with Gasteiger partial charge in [-0.05, 0) is 31.9 Å². The Labute approximate surface area is 142 Å². The van der Waals surface area contributed by atoms with Gasteiger partial charge in [-0.3, -0.25) is 9.59 Å². The molecule has 2 amide bonds. The van der Waals surface area contributed by atoms with Gasteiger partial charge < -0.3 is 14.5 Å². The highest BCUT2D eigenvalue weighted by atomic mass is 16.5. The van der Waals surface area contributed by atoms with Crippen LogP contribution in [-0.4, -0.2) is 47.4 Å². The second kappa shape index (κ2) is 7.07. The van der Waals surface area contributed by atoms with Gasteiger partial charge in [-0.25, -0.2) is 0 Å². The summed E-state index contributed by atoms with van der Waals surface area (Å²) >= 11 is 0. The van der Waals surface area contributed by atoms with E-state index in [1.165, 1.54) is 6.08 Å². The number of likely N-dealkylation sites (tertiary alicyclic amines) is 1. The SMILES string of the molecule is C=CC(=O)N1CCC(C(=O)N2Cc3ccccc3OCC2C)CC1. The van der Waals surface area contributed by atoms with Crippen molar-refractivity contribution < 1.29 is 14.3 Å². The maximum Gasteiger partial charge on any atom is 0.245 e. The Bertz CT molecular complexity index is 635. The molecule has 128 valence electrons. The van der Waals surface area contributed by atoms with E-state index < -0.39 is 0 Å². The smallest absolute Gasteiger partial charge is 0.245 e. The Morgan fingerprint density at radius 3 is 2.67 bits per heavy atom. The van der Waals surface area contributed by atoms with Crippen LogP contribution in [0, 0.1) is 5.92 Å². The second-order valence-corrected chi connectivity index (χ2v) is 6.54. The summed E-state index contributed by atoms with van der Waals surface area (Å²) in [4.78, 5) is 28.4. The lowest BCUT2D eigenvalue weighted by Crippen LogP contribution is -2.47. The molecule has 0 spiro atoms. The van der Waals surface area contributed by atoms with Crippen LogP contribution in [0.4, 0.5) is 0 Å². The van der Waals surface area contributed by atoms with E-state index in [0.29, 0.717) is 39.1 Å². The van der Waals surface area contributed by atoms with Crippen LogP contribution < -0.4 is 4.74 Å². The summed E-state index contributed by atoms with van der Waals surface area (Å²) < 4.78 is 5.83. The van der Waals surface area contributed by atoms with E-state index >= 15 is 0 Å². The number of amides is 2. The average Bonchev–Trinajstić information content (AvgIpc) is 2.80. The van der Waals surface area contributed by atoms with E-state index in [9.17, 15) is 9.59 Å². The highest BCUT2D eigenvalue weighted by Crippen LogP contribution is 2.28. The van der Waals surface area contributed by atoms with Crippen LogP contribution in [0.25, 0.3) is 0 Å². The Morgan fingerprint density at radius 1 is 1.25 bits per heavy atom. The summed E-state index contributed by atoms with van der Waals surface area (Å²) in [6, 6.07) is 7.93. The molecule has 5 heteroatoms. The summed E-state index contributed by atoms with van der Waals surface area (Å²) in [5.74, 6) is 0.970. The van der Waals surface area contributed by atoms with Crippen molar-refractivity contribution in [3.8, 4) is 5.75 Å². The van der Waals surface area contributed by atoms with Gasteiger partial charge in [0.25, 0.3) is 0 Å². The van der Waals surface area contributed by atoms with Gasteiger partial charge in [-0.1, -0.05) is 24.8 Å². The Morgan fingerprint density at radius 2 is 1.96 bits per heavy atom. The largest absolute Gasteiger partial charge is 0.491 e. The highest BCUT2D eigenvalue weighted by molar-refractivity contribution is 5.87. The van der Waals surface area contributed by atoms with Crippen molar-refractivity contribution >= 4 is 11.8 Å². The van der Waals surface area contributed by atoms with Crippen molar-refractivity contribution in [2.75, 3.05) is 19.7 Å². The third kappa shape index (κ3) is 3.30. The topological polar surface area (TPSA) is 49.9 Å². The summed E-state index contributed by atoms with van der Waals surface area (Å²) in [5, 5.41) is 0. The lowest BCUT2D eigenvalue weighted by molar-refractivity contribution is -0.142. The molecular weight excluding hydrogens is 304 g/mol. The summed E-state index contributed by atoms with van der Waals surface area (Å²) in [6.07, 6.45) is 2.77. The number of fused-ring (bicyclic) bond motifs is 1. The maximum absolute atomic E-state index is 13.0. The second-order valence-electron chi connectivity index (χ2n) is 6.54. The minimum absolute atomic E-state index is 0.0217. The molecule has 2 aliphatic heterocycles. The molecule has 1 atom stereocenters. The lowest BCUT2D eigenvalue weighted by Gasteiger charge is -2.35. The summed E-state index contributed by atoms with van der Waals surface area (Å²) in [7, 11) is 0.